The van der Waals surface area contributed by atoms with Gasteiger partial charge in [-0.15, -0.1) is 0 Å². The Morgan fingerprint density at radius 1 is 0.583 bits per heavy atom. The molecule has 0 fully saturated rings. The predicted molar refractivity (Wildman–Crippen MR) is 105 cm³/mol. The molecule has 0 unspecified atom stereocenters. The first-order chi connectivity index (χ1) is 11.6. The molecule has 0 N–H and O–H groups in total. The largest absolute Gasteiger partial charge is 0.391 e. The first-order valence-electron chi connectivity index (χ1n) is 9.25. The van der Waals surface area contributed by atoms with Gasteiger partial charge in [-0.05, 0) is 50.2 Å². The van der Waals surface area contributed by atoms with Crippen LogP contribution in [0.1, 0.15) is 41.5 Å². The molecule has 0 heterocycles. The maximum Gasteiger partial charge on any atom is 0.372 e. The average Bonchev–Trinajstić information content (AvgIpc) is 2.61. The highest BCUT2D eigenvalue weighted by Crippen LogP contribution is 2.19. The second-order valence-corrected chi connectivity index (χ2v) is 12.1. The molecule has 0 aliphatic carbocycles. The summed E-state index contributed by atoms with van der Waals surface area (Å²) in [5.74, 6) is 0. The van der Waals surface area contributed by atoms with Crippen molar-refractivity contribution in [2.45, 2.75) is 53.6 Å². The van der Waals surface area contributed by atoms with Gasteiger partial charge < -0.3 is 17.7 Å². The van der Waals surface area contributed by atoms with Crippen LogP contribution in [0.2, 0.25) is 12.1 Å². The third-order valence-electron chi connectivity index (χ3n) is 4.19. The smallest absolute Gasteiger partial charge is 0.372 e. The van der Waals surface area contributed by atoms with Gasteiger partial charge in [0, 0.05) is 26.4 Å². The zero-order chi connectivity index (χ0) is 18.1. The fourth-order valence-electron chi connectivity index (χ4n) is 3.26. The number of hydrogen-bond donors (Lipinski definition) is 0. The lowest BCUT2D eigenvalue weighted by atomic mass is 10.4. The van der Waals surface area contributed by atoms with Crippen molar-refractivity contribution in [1.29, 1.82) is 0 Å². The zero-order valence-electron chi connectivity index (χ0n) is 16.2. The van der Waals surface area contributed by atoms with Crippen molar-refractivity contribution in [1.82, 2.24) is 0 Å². The quantitative estimate of drug-likeness (QED) is 0.530. The Morgan fingerprint density at radius 3 is 1.08 bits per heavy atom. The van der Waals surface area contributed by atoms with Crippen LogP contribution in [0.25, 0.3) is 0 Å². The molecule has 0 amide bonds. The van der Waals surface area contributed by atoms with Gasteiger partial charge in [-0.3, -0.25) is 0 Å². The minimum absolute atomic E-state index is 0.651. The molecule has 1 aromatic rings. The Bertz CT molecular complexity index is 427. The summed E-state index contributed by atoms with van der Waals surface area (Å²) in [6.07, 6.45) is 0. The van der Waals surface area contributed by atoms with E-state index in [1.54, 1.807) is 0 Å². The maximum atomic E-state index is 6.27. The zero-order valence-corrected chi connectivity index (χ0v) is 18.2. The molecule has 1 rings (SSSR count). The van der Waals surface area contributed by atoms with Gasteiger partial charge in [0.15, 0.2) is 0 Å². The molecule has 0 aromatic heterocycles. The van der Waals surface area contributed by atoms with E-state index in [-0.39, 0.29) is 0 Å². The van der Waals surface area contributed by atoms with Gasteiger partial charge in [0.1, 0.15) is 0 Å². The standard InChI is InChI=1S/C18H34O4Si2/c1-7-19-23(11-5,20-8-2)17-15-13-14-16-18(17)24(12-6,21-9-3)22-10-4/h13-16H,7-12H2,1-6H3. The van der Waals surface area contributed by atoms with E-state index in [2.05, 4.69) is 38.1 Å². The molecular formula is C18H34O4Si2. The van der Waals surface area contributed by atoms with E-state index in [4.69, 9.17) is 17.7 Å². The molecule has 6 heteroatoms. The van der Waals surface area contributed by atoms with Crippen LogP contribution in [0, 0.1) is 0 Å². The molecule has 0 aliphatic rings. The van der Waals surface area contributed by atoms with Gasteiger partial charge >= 0.3 is 17.1 Å². The fourth-order valence-corrected chi connectivity index (χ4v) is 10.3. The number of benzene rings is 1. The summed E-state index contributed by atoms with van der Waals surface area (Å²) in [6.45, 7) is 15.1. The highest BCUT2D eigenvalue weighted by Gasteiger charge is 2.47. The summed E-state index contributed by atoms with van der Waals surface area (Å²) in [6, 6.07) is 10.2. The minimum Gasteiger partial charge on any atom is -0.391 e. The Balaban J connectivity index is 3.54. The van der Waals surface area contributed by atoms with Crippen LogP contribution in [-0.4, -0.2) is 43.5 Å². The Hall–Kier alpha value is -0.506. The summed E-state index contributed by atoms with van der Waals surface area (Å²) in [4.78, 5) is 0. The monoisotopic (exact) mass is 370 g/mol. The third kappa shape index (κ3) is 4.56. The summed E-state index contributed by atoms with van der Waals surface area (Å²) < 4.78 is 25.1. The van der Waals surface area contributed by atoms with Crippen molar-refractivity contribution in [3.8, 4) is 0 Å². The van der Waals surface area contributed by atoms with E-state index in [1.165, 1.54) is 10.4 Å². The summed E-state index contributed by atoms with van der Waals surface area (Å²) in [7, 11) is -5.00. The van der Waals surface area contributed by atoms with Gasteiger partial charge in [0.25, 0.3) is 0 Å². The molecule has 0 saturated heterocycles. The topological polar surface area (TPSA) is 36.9 Å². The van der Waals surface area contributed by atoms with E-state index in [9.17, 15) is 0 Å². The molecule has 1 aromatic carbocycles. The van der Waals surface area contributed by atoms with Gasteiger partial charge in [-0.1, -0.05) is 38.1 Å². The highest BCUT2D eigenvalue weighted by atomic mass is 28.4. The van der Waals surface area contributed by atoms with E-state index in [0.29, 0.717) is 26.4 Å². The van der Waals surface area contributed by atoms with Crippen molar-refractivity contribution >= 4 is 27.5 Å². The van der Waals surface area contributed by atoms with Crippen LogP contribution in [0.15, 0.2) is 24.3 Å². The molecule has 0 saturated carbocycles. The first kappa shape index (κ1) is 21.5. The molecule has 0 bridgehead atoms. The molecule has 0 radical (unpaired) electrons. The van der Waals surface area contributed by atoms with E-state index in [1.807, 2.05) is 27.7 Å². The molecule has 0 spiro atoms. The highest BCUT2D eigenvalue weighted by molar-refractivity contribution is 6.91. The number of hydrogen-bond acceptors (Lipinski definition) is 4. The van der Waals surface area contributed by atoms with Crippen molar-refractivity contribution in [3.05, 3.63) is 24.3 Å². The van der Waals surface area contributed by atoms with Crippen LogP contribution in [0.4, 0.5) is 0 Å². The molecule has 138 valence electrons. The van der Waals surface area contributed by atoms with Crippen LogP contribution in [0.5, 0.6) is 0 Å². The lowest BCUT2D eigenvalue weighted by Gasteiger charge is -2.36. The van der Waals surface area contributed by atoms with Crippen LogP contribution >= 0.6 is 0 Å². The van der Waals surface area contributed by atoms with Crippen LogP contribution < -0.4 is 10.4 Å². The Labute approximate surface area is 150 Å². The lowest BCUT2D eigenvalue weighted by molar-refractivity contribution is 0.192. The first-order valence-corrected chi connectivity index (χ1v) is 13.3. The molecule has 24 heavy (non-hydrogen) atoms. The van der Waals surface area contributed by atoms with E-state index >= 15 is 0 Å². The van der Waals surface area contributed by atoms with Crippen molar-refractivity contribution in [2.24, 2.45) is 0 Å². The maximum absolute atomic E-state index is 6.27. The van der Waals surface area contributed by atoms with Gasteiger partial charge in [-0.2, -0.15) is 0 Å². The van der Waals surface area contributed by atoms with Crippen molar-refractivity contribution in [2.75, 3.05) is 26.4 Å². The average molecular weight is 371 g/mol. The van der Waals surface area contributed by atoms with E-state index in [0.717, 1.165) is 12.1 Å². The van der Waals surface area contributed by atoms with E-state index < -0.39 is 17.1 Å². The summed E-state index contributed by atoms with van der Waals surface area (Å²) >= 11 is 0. The van der Waals surface area contributed by atoms with Gasteiger partial charge in [0.05, 0.1) is 0 Å². The summed E-state index contributed by atoms with van der Waals surface area (Å²) in [5.41, 5.74) is 0. The fraction of sp³-hybridized carbons (Fsp3) is 0.667. The molecule has 4 nitrogen and oxygen atoms in total. The molecular weight excluding hydrogens is 336 g/mol. The second-order valence-electron chi connectivity index (χ2n) is 5.49. The predicted octanol–water partition coefficient (Wildman–Crippen LogP) is 3.17. The summed E-state index contributed by atoms with van der Waals surface area (Å²) in [5, 5.41) is 2.37. The second kappa shape index (κ2) is 10.5. The molecule has 0 atom stereocenters. The van der Waals surface area contributed by atoms with Gasteiger partial charge in [0.2, 0.25) is 0 Å². The SMILES string of the molecule is CCO[Si](CC)(OCC)c1ccccc1[Si](CC)(OCC)OCC. The van der Waals surface area contributed by atoms with Crippen LogP contribution in [0.3, 0.4) is 0 Å². The Kier molecular flexibility index (Phi) is 9.40. The Morgan fingerprint density at radius 2 is 0.875 bits per heavy atom. The van der Waals surface area contributed by atoms with Crippen LogP contribution in [-0.2, 0) is 17.7 Å². The minimum atomic E-state index is -2.50. The third-order valence-corrected chi connectivity index (χ3v) is 11.8. The van der Waals surface area contributed by atoms with Gasteiger partial charge in [-0.25, -0.2) is 0 Å². The number of rotatable bonds is 12. The van der Waals surface area contributed by atoms with Crippen molar-refractivity contribution in [3.63, 3.8) is 0 Å². The molecule has 0 aliphatic heterocycles. The normalized spacial score (nSPS) is 12.6. The van der Waals surface area contributed by atoms with Crippen molar-refractivity contribution < 1.29 is 17.7 Å². The lowest BCUT2D eigenvalue weighted by Crippen LogP contribution is -2.67.